The van der Waals surface area contributed by atoms with Crippen molar-refractivity contribution in [1.82, 2.24) is 4.90 Å². The molecule has 0 saturated heterocycles. The summed E-state index contributed by atoms with van der Waals surface area (Å²) < 4.78 is 25.2. The Morgan fingerprint density at radius 2 is 1.63 bits per heavy atom. The lowest BCUT2D eigenvalue weighted by Crippen LogP contribution is -2.50. The summed E-state index contributed by atoms with van der Waals surface area (Å²) in [5, 5.41) is 2.89. The second-order valence-electron chi connectivity index (χ2n) is 8.52. The van der Waals surface area contributed by atoms with Gasteiger partial charge in [-0.25, -0.2) is 4.39 Å². The lowest BCUT2D eigenvalue weighted by molar-refractivity contribution is -0.140. The maximum Gasteiger partial charge on any atom is 0.247 e. The van der Waals surface area contributed by atoms with Crippen LogP contribution in [0.15, 0.2) is 72.8 Å². The van der Waals surface area contributed by atoms with Crippen LogP contribution in [-0.4, -0.2) is 37.0 Å². The molecule has 0 spiro atoms. The Morgan fingerprint density at radius 1 is 0.943 bits per heavy atom. The van der Waals surface area contributed by atoms with Crippen LogP contribution in [0, 0.1) is 11.7 Å². The van der Waals surface area contributed by atoms with Crippen molar-refractivity contribution in [3.8, 4) is 11.5 Å². The number of nitrogens with zero attached hydrogens (tertiary/aromatic N) is 1. The molecule has 0 aliphatic rings. The van der Waals surface area contributed by atoms with E-state index in [2.05, 4.69) is 5.32 Å². The van der Waals surface area contributed by atoms with Crippen molar-refractivity contribution in [2.45, 2.75) is 32.9 Å². The minimum absolute atomic E-state index is 0.0334. The predicted octanol–water partition coefficient (Wildman–Crippen LogP) is 5.08. The molecule has 0 saturated carbocycles. The van der Waals surface area contributed by atoms with Crippen LogP contribution in [0.4, 0.5) is 10.1 Å². The second-order valence-corrected chi connectivity index (χ2v) is 8.52. The quantitative estimate of drug-likeness (QED) is 0.441. The number of carbonyl (C=O) groups excluding carboxylic acids is 2. The Bertz CT molecular complexity index is 1150. The van der Waals surface area contributed by atoms with E-state index >= 15 is 0 Å². The van der Waals surface area contributed by atoms with Crippen molar-refractivity contribution in [3.05, 3.63) is 89.7 Å². The number of rotatable bonds is 10. The first-order valence-electron chi connectivity index (χ1n) is 11.4. The zero-order chi connectivity index (χ0) is 25.4. The van der Waals surface area contributed by atoms with Crippen molar-refractivity contribution >= 4 is 17.5 Å². The van der Waals surface area contributed by atoms with Gasteiger partial charge in [-0.1, -0.05) is 62.4 Å². The molecule has 1 N–H and O–H groups in total. The molecule has 0 heterocycles. The molecule has 184 valence electrons. The molecule has 7 heteroatoms. The van der Waals surface area contributed by atoms with Gasteiger partial charge in [-0.3, -0.25) is 9.59 Å². The molecular formula is C28H31FN2O4. The van der Waals surface area contributed by atoms with Gasteiger partial charge in [-0.15, -0.1) is 0 Å². The summed E-state index contributed by atoms with van der Waals surface area (Å²) >= 11 is 0. The topological polar surface area (TPSA) is 67.9 Å². The third kappa shape index (κ3) is 6.59. The maximum absolute atomic E-state index is 14.6. The van der Waals surface area contributed by atoms with Gasteiger partial charge in [0.2, 0.25) is 11.8 Å². The Balaban J connectivity index is 1.94. The first-order valence-corrected chi connectivity index (χ1v) is 11.4. The van der Waals surface area contributed by atoms with E-state index in [0.29, 0.717) is 22.7 Å². The molecule has 0 fully saturated rings. The Labute approximate surface area is 205 Å². The average Bonchev–Trinajstić information content (AvgIpc) is 2.85. The molecule has 3 aromatic carbocycles. The number of methoxy groups -OCH3 is 2. The van der Waals surface area contributed by atoms with E-state index in [-0.39, 0.29) is 30.7 Å². The summed E-state index contributed by atoms with van der Waals surface area (Å²) in [7, 11) is 3.04. The minimum atomic E-state index is -0.849. The smallest absolute Gasteiger partial charge is 0.247 e. The van der Waals surface area contributed by atoms with Crippen LogP contribution in [0.25, 0.3) is 0 Å². The van der Waals surface area contributed by atoms with Crippen molar-refractivity contribution < 1.29 is 23.5 Å². The van der Waals surface area contributed by atoms with Gasteiger partial charge >= 0.3 is 0 Å². The van der Waals surface area contributed by atoms with E-state index < -0.39 is 11.9 Å². The van der Waals surface area contributed by atoms with Crippen LogP contribution in [0.2, 0.25) is 0 Å². The minimum Gasteiger partial charge on any atom is -0.497 e. The van der Waals surface area contributed by atoms with Crippen LogP contribution in [0.3, 0.4) is 0 Å². The Hall–Kier alpha value is -3.87. The van der Waals surface area contributed by atoms with E-state index in [4.69, 9.17) is 9.47 Å². The molecular weight excluding hydrogens is 447 g/mol. The van der Waals surface area contributed by atoms with Gasteiger partial charge in [0.15, 0.2) is 0 Å². The molecule has 3 aromatic rings. The molecule has 0 bridgehead atoms. The summed E-state index contributed by atoms with van der Waals surface area (Å²) in [5.74, 6) is -0.317. The number of nitrogens with one attached hydrogen (secondary N) is 1. The van der Waals surface area contributed by atoms with Gasteiger partial charge in [-0.05, 0) is 29.7 Å². The largest absolute Gasteiger partial charge is 0.497 e. The number of ether oxygens (including phenoxy) is 2. The summed E-state index contributed by atoms with van der Waals surface area (Å²) in [6, 6.07) is 19.8. The van der Waals surface area contributed by atoms with Crippen LogP contribution in [-0.2, 0) is 22.6 Å². The molecule has 6 nitrogen and oxygen atoms in total. The molecule has 3 rings (SSSR count). The van der Waals surface area contributed by atoms with Crippen molar-refractivity contribution in [2.75, 3.05) is 19.5 Å². The highest BCUT2D eigenvalue weighted by atomic mass is 19.1. The molecule has 35 heavy (non-hydrogen) atoms. The summed E-state index contributed by atoms with van der Waals surface area (Å²) in [6.07, 6.45) is 0.0949. The third-order valence-electron chi connectivity index (χ3n) is 5.72. The lowest BCUT2D eigenvalue weighted by Gasteiger charge is -2.34. The first kappa shape index (κ1) is 25.7. The lowest BCUT2D eigenvalue weighted by atomic mass is 9.99. The van der Waals surface area contributed by atoms with E-state index in [0.717, 1.165) is 5.56 Å². The zero-order valence-electron chi connectivity index (χ0n) is 20.5. The van der Waals surface area contributed by atoms with Gasteiger partial charge in [0.05, 0.1) is 26.3 Å². The molecule has 1 atom stereocenters. The monoisotopic (exact) mass is 478 g/mol. The van der Waals surface area contributed by atoms with Gasteiger partial charge in [-0.2, -0.15) is 0 Å². The van der Waals surface area contributed by atoms with Crippen molar-refractivity contribution in [1.29, 1.82) is 0 Å². The fourth-order valence-corrected chi connectivity index (χ4v) is 3.94. The highest BCUT2D eigenvalue weighted by Crippen LogP contribution is 2.30. The number of hydrogen-bond donors (Lipinski definition) is 1. The molecule has 0 aliphatic heterocycles. The first-order chi connectivity index (χ1) is 16.8. The molecule has 2 amide bonds. The molecule has 0 aliphatic carbocycles. The number of amides is 2. The Kier molecular flexibility index (Phi) is 8.84. The van der Waals surface area contributed by atoms with E-state index in [1.54, 1.807) is 43.5 Å². The fraction of sp³-hybridized carbons (Fsp3) is 0.286. The highest BCUT2D eigenvalue weighted by molar-refractivity contribution is 5.98. The van der Waals surface area contributed by atoms with Gasteiger partial charge in [0, 0.05) is 18.2 Å². The molecule has 0 aromatic heterocycles. The van der Waals surface area contributed by atoms with Crippen LogP contribution in [0.5, 0.6) is 11.5 Å². The van der Waals surface area contributed by atoms with Crippen LogP contribution < -0.4 is 14.8 Å². The van der Waals surface area contributed by atoms with Crippen LogP contribution in [0.1, 0.15) is 25.0 Å². The van der Waals surface area contributed by atoms with Crippen molar-refractivity contribution in [3.63, 3.8) is 0 Å². The fourth-order valence-electron chi connectivity index (χ4n) is 3.94. The number of benzene rings is 3. The molecule has 1 unspecified atom stereocenters. The van der Waals surface area contributed by atoms with E-state index in [1.807, 2.05) is 44.2 Å². The van der Waals surface area contributed by atoms with Crippen molar-refractivity contribution in [2.24, 2.45) is 5.92 Å². The summed E-state index contributed by atoms with van der Waals surface area (Å²) in [5.41, 5.74) is 1.61. The number of halogens is 1. The predicted molar refractivity (Wildman–Crippen MR) is 134 cm³/mol. The SMILES string of the molecule is COc1ccc(NC(=O)C(C(C)C)N(Cc2ccccc2F)C(=O)Cc2ccccc2)c(OC)c1. The number of carbonyl (C=O) groups is 2. The standard InChI is InChI=1S/C28H31FN2O4/c1-19(2)27(28(33)30-24-15-14-22(34-3)17-25(24)35-4)31(18-21-12-8-9-13-23(21)29)26(32)16-20-10-6-5-7-11-20/h5-15,17,19,27H,16,18H2,1-4H3,(H,30,33). The summed E-state index contributed by atoms with van der Waals surface area (Å²) in [4.78, 5) is 28.5. The van der Waals surface area contributed by atoms with E-state index in [1.165, 1.54) is 18.1 Å². The third-order valence-corrected chi connectivity index (χ3v) is 5.72. The Morgan fingerprint density at radius 3 is 2.26 bits per heavy atom. The van der Waals surface area contributed by atoms with Gasteiger partial charge in [0.1, 0.15) is 23.4 Å². The van der Waals surface area contributed by atoms with E-state index in [9.17, 15) is 14.0 Å². The highest BCUT2D eigenvalue weighted by Gasteiger charge is 2.33. The zero-order valence-corrected chi connectivity index (χ0v) is 20.5. The van der Waals surface area contributed by atoms with Gasteiger partial charge < -0.3 is 19.7 Å². The van der Waals surface area contributed by atoms with Crippen LogP contribution >= 0.6 is 0 Å². The molecule has 0 radical (unpaired) electrons. The average molecular weight is 479 g/mol. The second kappa shape index (κ2) is 12.0. The summed E-state index contributed by atoms with van der Waals surface area (Å²) in [6.45, 7) is 3.69. The normalized spacial score (nSPS) is 11.6. The number of hydrogen-bond acceptors (Lipinski definition) is 4. The maximum atomic E-state index is 14.6. The number of anilines is 1. The van der Waals surface area contributed by atoms with Gasteiger partial charge in [0.25, 0.3) is 0 Å².